The number of benzene rings is 3. The van der Waals surface area contributed by atoms with Crippen molar-refractivity contribution in [3.63, 3.8) is 0 Å². The molecule has 2 unspecified atom stereocenters. The van der Waals surface area contributed by atoms with Gasteiger partial charge in [0.15, 0.2) is 0 Å². The first kappa shape index (κ1) is 39.5. The Morgan fingerprint density at radius 3 is 1.42 bits per heavy atom. The van der Waals surface area contributed by atoms with E-state index in [2.05, 4.69) is 48.2 Å². The summed E-state index contributed by atoms with van der Waals surface area (Å²) in [5, 5.41) is 39.3. The zero-order chi connectivity index (χ0) is 35.0. The van der Waals surface area contributed by atoms with Gasteiger partial charge in [0, 0.05) is 31.5 Å². The van der Waals surface area contributed by atoms with Crippen LogP contribution in [0.5, 0.6) is 11.5 Å². The van der Waals surface area contributed by atoms with Crippen LogP contribution < -0.4 is 4.74 Å². The fraction of sp³-hybridized carbons (Fsp3) is 0.561. The number of aromatic hydroxyl groups is 1. The highest BCUT2D eigenvalue weighted by Crippen LogP contribution is 2.42. The molecule has 0 saturated heterocycles. The Kier molecular flexibility index (Phi) is 16.4. The number of aliphatic hydroxyl groups excluding tert-OH is 1. The lowest BCUT2D eigenvalue weighted by Gasteiger charge is -2.40. The molecule has 2 fully saturated rings. The maximum atomic E-state index is 11.3. The van der Waals surface area contributed by atoms with Gasteiger partial charge in [-0.1, -0.05) is 93.1 Å². The summed E-state index contributed by atoms with van der Waals surface area (Å²) in [5.41, 5.74) is 2.30. The SMILES string of the molecule is CCO.CN(C)CC(c1ccc(O)cc1)C1(O)CCCCC1.CN(C)CC(c1ccc(OCc2ccccc2)cc1)C1(O)CCCCC1. The lowest BCUT2D eigenvalue weighted by molar-refractivity contribution is -0.0280. The zero-order valence-corrected chi connectivity index (χ0v) is 30.2. The Morgan fingerprint density at radius 1 is 0.625 bits per heavy atom. The fourth-order valence-electron chi connectivity index (χ4n) is 7.17. The van der Waals surface area contributed by atoms with Crippen LogP contribution in [-0.2, 0) is 6.61 Å². The van der Waals surface area contributed by atoms with Crippen LogP contribution in [0.15, 0.2) is 78.9 Å². The van der Waals surface area contributed by atoms with Crippen LogP contribution in [0, 0.1) is 0 Å². The van der Waals surface area contributed by atoms with Crippen LogP contribution in [0.2, 0.25) is 0 Å². The van der Waals surface area contributed by atoms with Crippen LogP contribution >= 0.6 is 0 Å². The summed E-state index contributed by atoms with van der Waals surface area (Å²) < 4.78 is 5.91. The fourth-order valence-corrected chi connectivity index (χ4v) is 7.17. The van der Waals surface area contributed by atoms with Gasteiger partial charge in [0.25, 0.3) is 0 Å². The van der Waals surface area contributed by atoms with Crippen molar-refractivity contribution in [2.24, 2.45) is 0 Å². The lowest BCUT2D eigenvalue weighted by atomic mass is 9.72. The number of ether oxygens (including phenoxy) is 1. The minimum absolute atomic E-state index is 0.114. The van der Waals surface area contributed by atoms with Crippen molar-refractivity contribution in [1.82, 2.24) is 9.80 Å². The summed E-state index contributed by atoms with van der Waals surface area (Å²) in [7, 11) is 8.24. The largest absolute Gasteiger partial charge is 0.508 e. The van der Waals surface area contributed by atoms with Crippen molar-refractivity contribution >= 4 is 0 Å². The normalized spacial score (nSPS) is 18.1. The number of nitrogens with zero attached hydrogens (tertiary/aromatic N) is 2. The van der Waals surface area contributed by atoms with E-state index in [1.165, 1.54) is 24.0 Å². The molecule has 7 heteroatoms. The van der Waals surface area contributed by atoms with Crippen molar-refractivity contribution in [1.29, 1.82) is 0 Å². The summed E-state index contributed by atoms with van der Waals surface area (Å²) in [6.45, 7) is 4.20. The molecule has 5 rings (SSSR count). The van der Waals surface area contributed by atoms with E-state index in [-0.39, 0.29) is 24.2 Å². The second-order valence-electron chi connectivity index (χ2n) is 14.2. The first-order valence-corrected chi connectivity index (χ1v) is 17.9. The maximum absolute atomic E-state index is 11.3. The summed E-state index contributed by atoms with van der Waals surface area (Å²) in [5.74, 6) is 1.41. The highest BCUT2D eigenvalue weighted by atomic mass is 16.5. The highest BCUT2D eigenvalue weighted by molar-refractivity contribution is 5.32. The van der Waals surface area contributed by atoms with Gasteiger partial charge in [-0.25, -0.2) is 0 Å². The highest BCUT2D eigenvalue weighted by Gasteiger charge is 2.40. The van der Waals surface area contributed by atoms with Crippen LogP contribution in [0.3, 0.4) is 0 Å². The smallest absolute Gasteiger partial charge is 0.119 e. The number of hydrogen-bond acceptors (Lipinski definition) is 7. The number of aliphatic hydroxyl groups is 3. The Hall–Kier alpha value is -2.94. The number of hydrogen-bond donors (Lipinski definition) is 4. The first-order chi connectivity index (χ1) is 23.0. The van der Waals surface area contributed by atoms with Gasteiger partial charge in [-0.2, -0.15) is 0 Å². The van der Waals surface area contributed by atoms with E-state index in [1.807, 2.05) is 56.6 Å². The Bertz CT molecular complexity index is 1270. The van der Waals surface area contributed by atoms with E-state index in [9.17, 15) is 15.3 Å². The number of likely N-dealkylation sites (N-methyl/N-ethyl adjacent to an activating group) is 2. The number of phenolic OH excluding ortho intramolecular Hbond substituents is 1. The van der Waals surface area contributed by atoms with Gasteiger partial charge in [-0.05, 0) is 102 Å². The molecular formula is C41H62N2O5. The molecule has 0 aromatic heterocycles. The summed E-state index contributed by atoms with van der Waals surface area (Å²) >= 11 is 0. The van der Waals surface area contributed by atoms with Crippen molar-refractivity contribution in [2.45, 2.75) is 101 Å². The lowest BCUT2D eigenvalue weighted by Crippen LogP contribution is -2.42. The predicted octanol–water partition coefficient (Wildman–Crippen LogP) is 7.34. The molecule has 7 nitrogen and oxygen atoms in total. The second kappa shape index (κ2) is 19.9. The Labute approximate surface area is 290 Å². The molecule has 48 heavy (non-hydrogen) atoms. The van der Waals surface area contributed by atoms with Crippen LogP contribution in [0.25, 0.3) is 0 Å². The molecule has 0 aliphatic heterocycles. The average Bonchev–Trinajstić information content (AvgIpc) is 3.08. The summed E-state index contributed by atoms with van der Waals surface area (Å²) in [4.78, 5) is 4.31. The van der Waals surface area contributed by atoms with Gasteiger partial charge in [0.2, 0.25) is 0 Å². The molecule has 2 atom stereocenters. The number of phenols is 1. The molecule has 2 aliphatic carbocycles. The third-order valence-electron chi connectivity index (χ3n) is 9.66. The first-order valence-electron chi connectivity index (χ1n) is 17.9. The molecular weight excluding hydrogens is 600 g/mol. The Morgan fingerprint density at radius 2 is 1.02 bits per heavy atom. The van der Waals surface area contributed by atoms with E-state index in [4.69, 9.17) is 9.84 Å². The van der Waals surface area contributed by atoms with Crippen LogP contribution in [0.4, 0.5) is 0 Å². The monoisotopic (exact) mass is 662 g/mol. The standard InChI is InChI=1S/C23H31NO2.C16H25NO2.C2H6O/c1-24(2)17-22(23(25)15-7-4-8-16-23)20-11-13-21(14-12-20)26-18-19-9-5-3-6-10-19;1-17(2)12-15(13-6-8-14(18)9-7-13)16(19)10-4-3-5-11-16;1-2-3/h3,5-6,9-14,22,25H,4,7-8,15-18H2,1-2H3;6-9,15,18-19H,3-5,10-12H2,1-2H3;3H,2H2,1H3. The minimum atomic E-state index is -0.598. The Balaban J connectivity index is 0.000000251. The quantitative estimate of drug-likeness (QED) is 0.171. The molecule has 3 aromatic carbocycles. The molecule has 4 N–H and O–H groups in total. The average molecular weight is 663 g/mol. The molecule has 0 amide bonds. The minimum Gasteiger partial charge on any atom is -0.508 e. The molecule has 0 bridgehead atoms. The zero-order valence-electron chi connectivity index (χ0n) is 30.2. The molecule has 266 valence electrons. The van der Waals surface area contributed by atoms with Crippen molar-refractivity contribution in [2.75, 3.05) is 47.9 Å². The van der Waals surface area contributed by atoms with E-state index in [1.54, 1.807) is 19.1 Å². The van der Waals surface area contributed by atoms with Crippen molar-refractivity contribution in [3.05, 3.63) is 95.6 Å². The topological polar surface area (TPSA) is 96.6 Å². The molecule has 0 radical (unpaired) electrons. The van der Waals surface area contributed by atoms with Gasteiger partial charge >= 0.3 is 0 Å². The van der Waals surface area contributed by atoms with Crippen LogP contribution in [-0.4, -0.2) is 89.3 Å². The second-order valence-corrected chi connectivity index (χ2v) is 14.2. The molecule has 0 spiro atoms. The third kappa shape index (κ3) is 12.5. The maximum Gasteiger partial charge on any atom is 0.119 e. The van der Waals surface area contributed by atoms with Gasteiger partial charge in [0.05, 0.1) is 11.2 Å². The van der Waals surface area contributed by atoms with E-state index < -0.39 is 11.2 Å². The third-order valence-corrected chi connectivity index (χ3v) is 9.66. The van der Waals surface area contributed by atoms with Gasteiger partial charge in [-0.3, -0.25) is 0 Å². The van der Waals surface area contributed by atoms with E-state index >= 15 is 0 Å². The number of rotatable bonds is 11. The van der Waals surface area contributed by atoms with Crippen molar-refractivity contribution in [3.8, 4) is 11.5 Å². The molecule has 0 heterocycles. The van der Waals surface area contributed by atoms with Crippen LogP contribution in [0.1, 0.15) is 99.7 Å². The van der Waals surface area contributed by atoms with E-state index in [0.29, 0.717) is 6.61 Å². The molecule has 2 saturated carbocycles. The van der Waals surface area contributed by atoms with Crippen molar-refractivity contribution < 1.29 is 25.2 Å². The van der Waals surface area contributed by atoms with Gasteiger partial charge in [-0.15, -0.1) is 0 Å². The molecule has 3 aromatic rings. The molecule has 2 aliphatic rings. The summed E-state index contributed by atoms with van der Waals surface area (Å²) in [6, 6.07) is 25.8. The summed E-state index contributed by atoms with van der Waals surface area (Å²) in [6.07, 6.45) is 10.5. The van der Waals surface area contributed by atoms with Gasteiger partial charge in [0.1, 0.15) is 18.1 Å². The van der Waals surface area contributed by atoms with Gasteiger partial charge < -0.3 is 35.0 Å². The predicted molar refractivity (Wildman–Crippen MR) is 197 cm³/mol. The van der Waals surface area contributed by atoms with E-state index in [0.717, 1.165) is 75.8 Å².